The predicted molar refractivity (Wildman–Crippen MR) is 133 cm³/mol. The van der Waals surface area contributed by atoms with Crippen LogP contribution in [0.2, 0.25) is 0 Å². The lowest BCUT2D eigenvalue weighted by atomic mass is 9.98. The van der Waals surface area contributed by atoms with Gasteiger partial charge in [-0.3, -0.25) is 9.88 Å². The third kappa shape index (κ3) is 5.32. The number of aliphatic hydroxyl groups is 2. The number of nitrogens with two attached hydrogens (primary N) is 1. The van der Waals surface area contributed by atoms with Crippen molar-refractivity contribution < 1.29 is 19.0 Å². The van der Waals surface area contributed by atoms with Gasteiger partial charge in [0.2, 0.25) is 0 Å². The molecule has 0 aliphatic carbocycles. The number of hydrogen-bond acceptors (Lipinski definition) is 9. The summed E-state index contributed by atoms with van der Waals surface area (Å²) < 4.78 is 27.3. The van der Waals surface area contributed by atoms with Crippen LogP contribution in [0.5, 0.6) is 0 Å². The summed E-state index contributed by atoms with van der Waals surface area (Å²) >= 11 is 0. The van der Waals surface area contributed by atoms with Crippen LogP contribution in [0.1, 0.15) is 36.9 Å². The SMILES string of the molecule is CC(C)(O)C(O)c1cc2nc(/C(C=N)=C/N)c(N3CCN(Cc4ccc(F)cc4F)CC3)nc2cn1. The molecule has 1 aromatic carbocycles. The standard InChI is InChI=1S/C25H29F2N7O2/c1-25(2,36)23(35)20-10-19-21(13-30-20)32-24(22(31-19)16(11-28)12-29)34-7-5-33(6-8-34)14-15-3-4-17(26)9-18(15)27/h3-4,9-13,23,28,35-36H,5-8,14,29H2,1-2H3/b16-12+,28-11?. The smallest absolute Gasteiger partial charge is 0.156 e. The Morgan fingerprint density at radius 3 is 2.50 bits per heavy atom. The van der Waals surface area contributed by atoms with Gasteiger partial charge in [0, 0.05) is 62.3 Å². The Morgan fingerprint density at radius 1 is 1.17 bits per heavy atom. The molecule has 1 unspecified atom stereocenters. The molecule has 0 amide bonds. The number of anilines is 1. The van der Waals surface area contributed by atoms with Gasteiger partial charge in [0.05, 0.1) is 23.0 Å². The number of benzene rings is 1. The van der Waals surface area contributed by atoms with Gasteiger partial charge in [0.1, 0.15) is 28.9 Å². The zero-order valence-electron chi connectivity index (χ0n) is 20.1. The van der Waals surface area contributed by atoms with E-state index in [9.17, 15) is 19.0 Å². The van der Waals surface area contributed by atoms with Crippen molar-refractivity contribution in [3.05, 3.63) is 65.2 Å². The number of piperazine rings is 1. The van der Waals surface area contributed by atoms with Gasteiger partial charge in [0.25, 0.3) is 0 Å². The molecule has 1 fully saturated rings. The molecule has 4 rings (SSSR count). The Labute approximate surface area is 207 Å². The second kappa shape index (κ2) is 10.2. The van der Waals surface area contributed by atoms with Crippen LogP contribution in [-0.4, -0.2) is 68.1 Å². The molecule has 36 heavy (non-hydrogen) atoms. The molecule has 0 bridgehead atoms. The number of halogens is 2. The van der Waals surface area contributed by atoms with Crippen molar-refractivity contribution in [1.82, 2.24) is 19.9 Å². The van der Waals surface area contributed by atoms with Crippen LogP contribution in [-0.2, 0) is 6.54 Å². The number of nitrogens with zero attached hydrogens (tertiary/aromatic N) is 5. The average Bonchev–Trinajstić information content (AvgIpc) is 2.85. The fraction of sp³-hybridized carbons (Fsp3) is 0.360. The molecule has 3 aromatic rings. The lowest BCUT2D eigenvalue weighted by molar-refractivity contribution is -0.0516. The number of hydrogen-bond donors (Lipinski definition) is 4. The number of fused-ring (bicyclic) bond motifs is 1. The highest BCUT2D eigenvalue weighted by molar-refractivity contribution is 6.09. The first kappa shape index (κ1) is 25.5. The largest absolute Gasteiger partial charge is 0.404 e. The molecule has 3 heterocycles. The van der Waals surface area contributed by atoms with Gasteiger partial charge < -0.3 is 26.3 Å². The number of aromatic nitrogens is 3. The third-order valence-corrected chi connectivity index (χ3v) is 6.19. The number of allylic oxidation sites excluding steroid dienone is 1. The van der Waals surface area contributed by atoms with E-state index in [-0.39, 0.29) is 5.69 Å². The summed E-state index contributed by atoms with van der Waals surface area (Å²) in [7, 11) is 0. The zero-order chi connectivity index (χ0) is 26.0. The molecular formula is C25H29F2N7O2. The average molecular weight is 498 g/mol. The number of aliphatic hydroxyl groups excluding tert-OH is 1. The molecule has 2 aromatic heterocycles. The number of nitrogens with one attached hydrogen (secondary N) is 1. The summed E-state index contributed by atoms with van der Waals surface area (Å²) in [6.45, 7) is 5.68. The fourth-order valence-corrected chi connectivity index (χ4v) is 4.10. The highest BCUT2D eigenvalue weighted by atomic mass is 19.1. The predicted octanol–water partition coefficient (Wildman–Crippen LogP) is 2.38. The van der Waals surface area contributed by atoms with Crippen LogP contribution in [0, 0.1) is 17.0 Å². The van der Waals surface area contributed by atoms with Gasteiger partial charge in [-0.05, 0) is 26.0 Å². The van der Waals surface area contributed by atoms with Crippen LogP contribution >= 0.6 is 0 Å². The summed E-state index contributed by atoms with van der Waals surface area (Å²) in [6, 6.07) is 5.16. The van der Waals surface area contributed by atoms with E-state index in [1.54, 1.807) is 6.07 Å². The zero-order valence-corrected chi connectivity index (χ0v) is 20.1. The van der Waals surface area contributed by atoms with Crippen molar-refractivity contribution >= 4 is 28.6 Å². The highest BCUT2D eigenvalue weighted by Gasteiger charge is 2.28. The van der Waals surface area contributed by atoms with Gasteiger partial charge >= 0.3 is 0 Å². The van der Waals surface area contributed by atoms with Crippen molar-refractivity contribution in [3.8, 4) is 0 Å². The first-order valence-electron chi connectivity index (χ1n) is 11.5. The summed E-state index contributed by atoms with van der Waals surface area (Å²) in [4.78, 5) is 17.8. The van der Waals surface area contributed by atoms with E-state index < -0.39 is 23.3 Å². The van der Waals surface area contributed by atoms with E-state index in [0.29, 0.717) is 66.4 Å². The molecule has 9 nitrogen and oxygen atoms in total. The van der Waals surface area contributed by atoms with Gasteiger partial charge in [-0.1, -0.05) is 6.07 Å². The van der Waals surface area contributed by atoms with Gasteiger partial charge in [-0.15, -0.1) is 0 Å². The summed E-state index contributed by atoms with van der Waals surface area (Å²) in [5, 5.41) is 28.4. The lowest BCUT2D eigenvalue weighted by Crippen LogP contribution is -2.46. The minimum atomic E-state index is -1.40. The van der Waals surface area contributed by atoms with Crippen molar-refractivity contribution in [3.63, 3.8) is 0 Å². The van der Waals surface area contributed by atoms with E-state index in [4.69, 9.17) is 16.1 Å². The van der Waals surface area contributed by atoms with Crippen molar-refractivity contribution in [2.45, 2.75) is 32.1 Å². The van der Waals surface area contributed by atoms with E-state index in [0.717, 1.165) is 12.3 Å². The molecule has 190 valence electrons. The monoisotopic (exact) mass is 497 g/mol. The Morgan fingerprint density at radius 2 is 1.89 bits per heavy atom. The molecule has 0 saturated carbocycles. The molecule has 1 saturated heterocycles. The first-order valence-corrected chi connectivity index (χ1v) is 11.5. The first-order chi connectivity index (χ1) is 17.1. The normalized spacial score (nSPS) is 16.4. The summed E-state index contributed by atoms with van der Waals surface area (Å²) in [5.41, 5.74) is 6.76. The minimum Gasteiger partial charge on any atom is -0.404 e. The highest BCUT2D eigenvalue weighted by Crippen LogP contribution is 2.29. The molecular weight excluding hydrogens is 468 g/mol. The van der Waals surface area contributed by atoms with E-state index in [2.05, 4.69) is 14.9 Å². The van der Waals surface area contributed by atoms with E-state index in [1.165, 1.54) is 38.4 Å². The van der Waals surface area contributed by atoms with Gasteiger partial charge in [0.15, 0.2) is 5.82 Å². The third-order valence-electron chi connectivity index (χ3n) is 6.19. The van der Waals surface area contributed by atoms with Crippen molar-refractivity contribution in [2.24, 2.45) is 5.73 Å². The fourth-order valence-electron chi connectivity index (χ4n) is 4.10. The van der Waals surface area contributed by atoms with Gasteiger partial charge in [-0.25, -0.2) is 18.7 Å². The summed E-state index contributed by atoms with van der Waals surface area (Å²) in [6.07, 6.45) is 2.65. The number of pyridine rings is 1. The molecule has 5 N–H and O–H groups in total. The molecule has 0 radical (unpaired) electrons. The second-order valence-electron chi connectivity index (χ2n) is 9.32. The maximum absolute atomic E-state index is 14.1. The molecule has 1 atom stereocenters. The molecule has 0 spiro atoms. The maximum atomic E-state index is 14.1. The molecule has 1 aliphatic heterocycles. The lowest BCUT2D eigenvalue weighted by Gasteiger charge is -2.36. The Bertz CT molecular complexity index is 1300. The number of rotatable bonds is 7. The van der Waals surface area contributed by atoms with Gasteiger partial charge in [-0.2, -0.15) is 0 Å². The summed E-state index contributed by atoms with van der Waals surface area (Å²) in [5.74, 6) is -0.632. The minimum absolute atomic E-state index is 0.248. The second-order valence-corrected chi connectivity index (χ2v) is 9.32. The van der Waals surface area contributed by atoms with Crippen LogP contribution < -0.4 is 10.6 Å². The Hall–Kier alpha value is -3.54. The van der Waals surface area contributed by atoms with E-state index >= 15 is 0 Å². The van der Waals surface area contributed by atoms with Crippen LogP contribution in [0.25, 0.3) is 16.6 Å². The molecule has 11 heteroatoms. The molecule has 1 aliphatic rings. The van der Waals surface area contributed by atoms with Crippen LogP contribution in [0.15, 0.2) is 36.7 Å². The maximum Gasteiger partial charge on any atom is 0.156 e. The van der Waals surface area contributed by atoms with Crippen LogP contribution in [0.4, 0.5) is 14.6 Å². The topological polar surface area (TPSA) is 135 Å². The quantitative estimate of drug-likeness (QED) is 0.366. The Balaban J connectivity index is 1.61. The van der Waals surface area contributed by atoms with Crippen molar-refractivity contribution in [1.29, 1.82) is 5.41 Å². The Kier molecular flexibility index (Phi) is 7.25. The van der Waals surface area contributed by atoms with Crippen molar-refractivity contribution in [2.75, 3.05) is 31.1 Å². The van der Waals surface area contributed by atoms with Crippen LogP contribution in [0.3, 0.4) is 0 Å². The van der Waals surface area contributed by atoms with E-state index in [1.807, 2.05) is 4.90 Å².